The van der Waals surface area contributed by atoms with Crippen molar-refractivity contribution < 1.29 is 19.2 Å². The molecule has 1 amide bonds. The van der Waals surface area contributed by atoms with Gasteiger partial charge in [0.2, 0.25) is 0 Å². The monoisotopic (exact) mass is 396 g/mol. The first-order chi connectivity index (χ1) is 13.8. The summed E-state index contributed by atoms with van der Waals surface area (Å²) < 4.78 is 5.11. The van der Waals surface area contributed by atoms with Gasteiger partial charge in [-0.2, -0.15) is 0 Å². The molecule has 0 heterocycles. The summed E-state index contributed by atoms with van der Waals surface area (Å²) in [5, 5.41) is 13.5. The molecule has 2 atom stereocenters. The zero-order valence-electron chi connectivity index (χ0n) is 16.4. The molecule has 7 nitrogen and oxygen atoms in total. The maximum absolute atomic E-state index is 12.2. The van der Waals surface area contributed by atoms with Crippen LogP contribution >= 0.6 is 0 Å². The summed E-state index contributed by atoms with van der Waals surface area (Å²) in [6.07, 6.45) is 3.34. The number of rotatable bonds is 9. The van der Waals surface area contributed by atoms with Crippen molar-refractivity contribution in [3.8, 4) is 0 Å². The molecule has 0 saturated carbocycles. The Labute approximate surface area is 169 Å². The predicted molar refractivity (Wildman–Crippen MR) is 110 cm³/mol. The fourth-order valence-corrected chi connectivity index (χ4v) is 2.60. The molecule has 29 heavy (non-hydrogen) atoms. The fraction of sp³-hybridized carbons (Fsp3) is 0.273. The average Bonchev–Trinajstić information content (AvgIpc) is 2.71. The van der Waals surface area contributed by atoms with E-state index in [2.05, 4.69) is 5.32 Å². The second-order valence-corrected chi connectivity index (χ2v) is 6.70. The SMILES string of the molecule is C[C@H](CCc1ccccc1)NC(=O)[C@H](C)OC(=O)/C=C/c1ccc([N+](=O)[O-])cc1. The van der Waals surface area contributed by atoms with E-state index < -0.39 is 17.0 Å². The zero-order valence-corrected chi connectivity index (χ0v) is 16.4. The van der Waals surface area contributed by atoms with Gasteiger partial charge in [0.1, 0.15) is 0 Å². The standard InChI is InChI=1S/C22H24N2O5/c1-16(8-9-18-6-4-3-5-7-18)23-22(26)17(2)29-21(25)15-12-19-10-13-20(14-11-19)24(27)28/h3-7,10-17H,8-9H2,1-2H3,(H,23,26)/b15-12+/t16-,17+/m1/s1. The quantitative estimate of drug-likeness (QED) is 0.302. The first-order valence-corrected chi connectivity index (χ1v) is 9.32. The van der Waals surface area contributed by atoms with E-state index >= 15 is 0 Å². The predicted octanol–water partition coefficient (Wildman–Crippen LogP) is 3.68. The molecule has 1 N–H and O–H groups in total. The topological polar surface area (TPSA) is 98.5 Å². The highest BCUT2D eigenvalue weighted by Gasteiger charge is 2.18. The second-order valence-electron chi connectivity index (χ2n) is 6.70. The number of hydrogen-bond acceptors (Lipinski definition) is 5. The van der Waals surface area contributed by atoms with Crippen LogP contribution in [0.5, 0.6) is 0 Å². The van der Waals surface area contributed by atoms with Gasteiger partial charge in [-0.1, -0.05) is 30.3 Å². The fourth-order valence-electron chi connectivity index (χ4n) is 2.60. The van der Waals surface area contributed by atoms with Crippen LogP contribution in [0.15, 0.2) is 60.7 Å². The van der Waals surface area contributed by atoms with E-state index in [-0.39, 0.29) is 17.6 Å². The highest BCUT2D eigenvalue weighted by molar-refractivity contribution is 5.90. The Morgan fingerprint density at radius 2 is 1.76 bits per heavy atom. The molecule has 0 aliphatic heterocycles. The molecule has 0 radical (unpaired) electrons. The summed E-state index contributed by atoms with van der Waals surface area (Å²) in [7, 11) is 0. The molecule has 2 rings (SSSR count). The third kappa shape index (κ3) is 7.57. The minimum absolute atomic E-state index is 0.0311. The van der Waals surface area contributed by atoms with Gasteiger partial charge in [0.25, 0.3) is 11.6 Å². The van der Waals surface area contributed by atoms with Gasteiger partial charge in [-0.05, 0) is 56.0 Å². The van der Waals surface area contributed by atoms with Crippen LogP contribution in [0.3, 0.4) is 0 Å². The number of nitrogens with zero attached hydrogens (tertiary/aromatic N) is 1. The molecular weight excluding hydrogens is 372 g/mol. The van der Waals surface area contributed by atoms with Gasteiger partial charge in [-0.3, -0.25) is 14.9 Å². The minimum atomic E-state index is -0.928. The summed E-state index contributed by atoms with van der Waals surface area (Å²) in [5.74, 6) is -1.02. The van der Waals surface area contributed by atoms with Gasteiger partial charge in [-0.25, -0.2) is 4.79 Å². The number of amides is 1. The van der Waals surface area contributed by atoms with Crippen LogP contribution in [0, 0.1) is 10.1 Å². The molecule has 0 bridgehead atoms. The van der Waals surface area contributed by atoms with Crippen molar-refractivity contribution in [2.24, 2.45) is 0 Å². The van der Waals surface area contributed by atoms with Crippen LogP contribution in [0.4, 0.5) is 5.69 Å². The number of ether oxygens (including phenoxy) is 1. The number of carbonyl (C=O) groups is 2. The minimum Gasteiger partial charge on any atom is -0.449 e. The molecule has 0 aromatic heterocycles. The van der Waals surface area contributed by atoms with Gasteiger partial charge in [0.05, 0.1) is 4.92 Å². The second kappa shape index (κ2) is 10.8. The number of esters is 1. The molecule has 0 spiro atoms. The normalized spacial score (nSPS) is 12.9. The summed E-state index contributed by atoms with van der Waals surface area (Å²) in [6.45, 7) is 3.42. The number of non-ortho nitro benzene ring substituents is 1. The number of carbonyl (C=O) groups excluding carboxylic acids is 2. The van der Waals surface area contributed by atoms with Crippen molar-refractivity contribution in [3.05, 3.63) is 81.9 Å². The van der Waals surface area contributed by atoms with E-state index in [9.17, 15) is 19.7 Å². The Balaban J connectivity index is 1.77. The van der Waals surface area contributed by atoms with Crippen molar-refractivity contribution in [2.45, 2.75) is 38.8 Å². The first kappa shape index (κ1) is 21.8. The average molecular weight is 396 g/mol. The number of benzene rings is 2. The Kier molecular flexibility index (Phi) is 8.09. The first-order valence-electron chi connectivity index (χ1n) is 9.32. The summed E-state index contributed by atoms with van der Waals surface area (Å²) in [4.78, 5) is 34.2. The molecule has 0 aliphatic carbocycles. The van der Waals surface area contributed by atoms with Gasteiger partial charge in [-0.15, -0.1) is 0 Å². The molecule has 2 aromatic rings. The molecule has 0 fully saturated rings. The molecule has 2 aromatic carbocycles. The molecular formula is C22H24N2O5. The van der Waals surface area contributed by atoms with Gasteiger partial charge >= 0.3 is 5.97 Å². The Hall–Kier alpha value is -3.48. The van der Waals surface area contributed by atoms with Gasteiger partial charge in [0, 0.05) is 24.3 Å². The van der Waals surface area contributed by atoms with Crippen LogP contribution < -0.4 is 5.32 Å². The summed E-state index contributed by atoms with van der Waals surface area (Å²) in [5.41, 5.74) is 1.78. The maximum Gasteiger partial charge on any atom is 0.331 e. The zero-order chi connectivity index (χ0) is 21.2. The Morgan fingerprint density at radius 3 is 2.38 bits per heavy atom. The van der Waals surface area contributed by atoms with E-state index in [1.165, 1.54) is 48.9 Å². The molecule has 7 heteroatoms. The largest absolute Gasteiger partial charge is 0.449 e. The van der Waals surface area contributed by atoms with Crippen molar-refractivity contribution >= 4 is 23.6 Å². The van der Waals surface area contributed by atoms with Crippen LogP contribution in [-0.4, -0.2) is 28.9 Å². The lowest BCUT2D eigenvalue weighted by atomic mass is 10.1. The van der Waals surface area contributed by atoms with Crippen LogP contribution in [0.2, 0.25) is 0 Å². The maximum atomic E-state index is 12.2. The van der Waals surface area contributed by atoms with Gasteiger partial charge in [0.15, 0.2) is 6.10 Å². The van der Waals surface area contributed by atoms with E-state index in [0.29, 0.717) is 5.56 Å². The lowest BCUT2D eigenvalue weighted by Crippen LogP contribution is -2.40. The van der Waals surface area contributed by atoms with Crippen molar-refractivity contribution in [2.75, 3.05) is 0 Å². The van der Waals surface area contributed by atoms with Crippen LogP contribution in [0.1, 0.15) is 31.4 Å². The van der Waals surface area contributed by atoms with Crippen LogP contribution in [-0.2, 0) is 20.7 Å². The van der Waals surface area contributed by atoms with E-state index in [4.69, 9.17) is 4.74 Å². The van der Waals surface area contributed by atoms with Crippen molar-refractivity contribution in [3.63, 3.8) is 0 Å². The van der Waals surface area contributed by atoms with Crippen LogP contribution in [0.25, 0.3) is 6.08 Å². The van der Waals surface area contributed by atoms with E-state index in [0.717, 1.165) is 12.8 Å². The molecule has 0 unspecified atom stereocenters. The number of nitro groups is 1. The molecule has 0 saturated heterocycles. The highest BCUT2D eigenvalue weighted by atomic mass is 16.6. The number of aryl methyl sites for hydroxylation is 1. The Bertz CT molecular complexity index is 863. The number of hydrogen-bond donors (Lipinski definition) is 1. The van der Waals surface area contributed by atoms with E-state index in [1.54, 1.807) is 0 Å². The Morgan fingerprint density at radius 1 is 1.10 bits per heavy atom. The third-order valence-electron chi connectivity index (χ3n) is 4.28. The third-order valence-corrected chi connectivity index (χ3v) is 4.28. The summed E-state index contributed by atoms with van der Waals surface area (Å²) in [6, 6.07) is 15.7. The van der Waals surface area contributed by atoms with Gasteiger partial charge < -0.3 is 10.1 Å². The molecule has 152 valence electrons. The smallest absolute Gasteiger partial charge is 0.331 e. The number of nitrogens with one attached hydrogen (secondary N) is 1. The molecule has 0 aliphatic rings. The lowest BCUT2D eigenvalue weighted by Gasteiger charge is -2.17. The summed E-state index contributed by atoms with van der Waals surface area (Å²) >= 11 is 0. The number of nitro benzene ring substituents is 1. The lowest BCUT2D eigenvalue weighted by molar-refractivity contribution is -0.384. The van der Waals surface area contributed by atoms with Crippen molar-refractivity contribution in [1.29, 1.82) is 0 Å². The van der Waals surface area contributed by atoms with E-state index in [1.807, 2.05) is 37.3 Å². The highest BCUT2D eigenvalue weighted by Crippen LogP contribution is 2.13. The van der Waals surface area contributed by atoms with Crippen molar-refractivity contribution in [1.82, 2.24) is 5.32 Å².